The van der Waals surface area contributed by atoms with Gasteiger partial charge in [-0.25, -0.2) is 8.42 Å². The number of nitrogens with two attached hydrogens (primary N) is 1. The Morgan fingerprint density at radius 1 is 1.47 bits per heavy atom. The predicted octanol–water partition coefficient (Wildman–Crippen LogP) is 1.47. The molecule has 1 saturated heterocycles. The average Bonchev–Trinajstić information content (AvgIpc) is 2.60. The van der Waals surface area contributed by atoms with Crippen LogP contribution in [0.5, 0.6) is 0 Å². The summed E-state index contributed by atoms with van der Waals surface area (Å²) in [5.74, 6) is 0.974. The fourth-order valence-corrected chi connectivity index (χ4v) is 4.52. The van der Waals surface area contributed by atoms with Crippen molar-refractivity contribution >= 4 is 9.84 Å². The second kappa shape index (κ2) is 4.78. The Kier molecular flexibility index (Phi) is 3.54. The molecule has 0 aromatic heterocycles. The Morgan fingerprint density at radius 3 is 2.76 bits per heavy atom. The van der Waals surface area contributed by atoms with Crippen molar-refractivity contribution in [1.82, 2.24) is 0 Å². The Hall–Kier alpha value is -0.870. The minimum atomic E-state index is -2.82. The normalized spacial score (nSPS) is 24.7. The Labute approximate surface area is 103 Å². The van der Waals surface area contributed by atoms with E-state index in [1.54, 1.807) is 0 Å². The lowest BCUT2D eigenvalue weighted by atomic mass is 9.85. The van der Waals surface area contributed by atoms with Crippen LogP contribution in [-0.4, -0.2) is 26.5 Å². The van der Waals surface area contributed by atoms with Crippen molar-refractivity contribution in [3.63, 3.8) is 0 Å². The van der Waals surface area contributed by atoms with Gasteiger partial charge in [0.1, 0.15) is 0 Å². The maximum atomic E-state index is 11.5. The van der Waals surface area contributed by atoms with Crippen LogP contribution in [0.1, 0.15) is 23.5 Å². The standard InChI is InChI=1S/C13H19NO2S/c1-10-3-2-4-11(7-10)13(8-14)12-5-6-17(15,16)9-12/h2-4,7,12-13H,5-6,8-9,14H2,1H3. The number of hydrogen-bond donors (Lipinski definition) is 1. The highest BCUT2D eigenvalue weighted by molar-refractivity contribution is 7.91. The fraction of sp³-hybridized carbons (Fsp3) is 0.538. The van der Waals surface area contributed by atoms with Gasteiger partial charge in [-0.2, -0.15) is 0 Å². The molecule has 0 bridgehead atoms. The topological polar surface area (TPSA) is 60.2 Å². The van der Waals surface area contributed by atoms with Gasteiger partial charge in [-0.15, -0.1) is 0 Å². The molecule has 94 valence electrons. The molecule has 3 nitrogen and oxygen atoms in total. The molecule has 1 aromatic rings. The Bertz CT molecular complexity index is 496. The molecule has 1 aliphatic heterocycles. The minimum absolute atomic E-state index is 0.173. The van der Waals surface area contributed by atoms with E-state index in [0.717, 1.165) is 6.42 Å². The zero-order valence-electron chi connectivity index (χ0n) is 10.1. The number of hydrogen-bond acceptors (Lipinski definition) is 3. The summed E-state index contributed by atoms with van der Waals surface area (Å²) in [4.78, 5) is 0. The third kappa shape index (κ3) is 2.87. The second-order valence-corrected chi connectivity index (χ2v) is 7.15. The van der Waals surface area contributed by atoms with E-state index in [-0.39, 0.29) is 11.8 Å². The molecule has 0 saturated carbocycles. The second-order valence-electron chi connectivity index (χ2n) is 4.92. The van der Waals surface area contributed by atoms with E-state index >= 15 is 0 Å². The lowest BCUT2D eigenvalue weighted by Gasteiger charge is -2.21. The molecule has 0 spiro atoms. The van der Waals surface area contributed by atoms with Gasteiger partial charge in [0.05, 0.1) is 11.5 Å². The van der Waals surface area contributed by atoms with Crippen LogP contribution in [0.2, 0.25) is 0 Å². The number of sulfone groups is 1. The lowest BCUT2D eigenvalue weighted by molar-refractivity contribution is 0.474. The van der Waals surface area contributed by atoms with Crippen LogP contribution in [-0.2, 0) is 9.84 Å². The molecule has 0 radical (unpaired) electrons. The molecule has 1 aromatic carbocycles. The molecule has 4 heteroatoms. The first-order chi connectivity index (χ1) is 8.02. The van der Waals surface area contributed by atoms with Gasteiger partial charge in [0.2, 0.25) is 0 Å². The SMILES string of the molecule is Cc1cccc(C(CN)C2CCS(=O)(=O)C2)c1. The highest BCUT2D eigenvalue weighted by atomic mass is 32.2. The largest absolute Gasteiger partial charge is 0.330 e. The highest BCUT2D eigenvalue weighted by Crippen LogP contribution is 2.32. The van der Waals surface area contributed by atoms with E-state index in [1.165, 1.54) is 11.1 Å². The molecule has 2 rings (SSSR count). The molecule has 1 aliphatic rings. The van der Waals surface area contributed by atoms with Gasteiger partial charge in [0.25, 0.3) is 0 Å². The van der Waals surface area contributed by atoms with E-state index in [9.17, 15) is 8.42 Å². The van der Waals surface area contributed by atoms with E-state index in [4.69, 9.17) is 5.73 Å². The summed E-state index contributed by atoms with van der Waals surface area (Å²) in [6.45, 7) is 2.56. The van der Waals surface area contributed by atoms with Crippen molar-refractivity contribution in [3.8, 4) is 0 Å². The first-order valence-corrected chi connectivity index (χ1v) is 7.81. The molecular formula is C13H19NO2S. The van der Waals surface area contributed by atoms with E-state index < -0.39 is 9.84 Å². The molecule has 1 fully saturated rings. The van der Waals surface area contributed by atoms with Crippen molar-refractivity contribution in [2.24, 2.45) is 11.7 Å². The van der Waals surface area contributed by atoms with Crippen LogP contribution in [0.15, 0.2) is 24.3 Å². The Balaban J connectivity index is 2.23. The van der Waals surface area contributed by atoms with Crippen molar-refractivity contribution < 1.29 is 8.42 Å². The first kappa shape index (κ1) is 12.6. The quantitative estimate of drug-likeness (QED) is 0.887. The van der Waals surface area contributed by atoms with E-state index in [0.29, 0.717) is 18.1 Å². The third-order valence-electron chi connectivity index (χ3n) is 3.56. The first-order valence-electron chi connectivity index (χ1n) is 5.99. The molecule has 0 amide bonds. The van der Waals surface area contributed by atoms with Crippen molar-refractivity contribution in [2.75, 3.05) is 18.1 Å². The summed E-state index contributed by atoms with van der Waals surface area (Å²) < 4.78 is 23.0. The van der Waals surface area contributed by atoms with Gasteiger partial charge in [-0.05, 0) is 37.3 Å². The maximum absolute atomic E-state index is 11.5. The summed E-state index contributed by atoms with van der Waals surface area (Å²) in [5, 5.41) is 0. The van der Waals surface area contributed by atoms with Crippen LogP contribution in [0, 0.1) is 12.8 Å². The van der Waals surface area contributed by atoms with E-state index in [1.807, 2.05) is 19.1 Å². The predicted molar refractivity (Wildman–Crippen MR) is 69.7 cm³/mol. The van der Waals surface area contributed by atoms with Crippen LogP contribution >= 0.6 is 0 Å². The molecule has 2 N–H and O–H groups in total. The monoisotopic (exact) mass is 253 g/mol. The van der Waals surface area contributed by atoms with Crippen molar-refractivity contribution in [3.05, 3.63) is 35.4 Å². The maximum Gasteiger partial charge on any atom is 0.150 e. The van der Waals surface area contributed by atoms with Gasteiger partial charge in [0.15, 0.2) is 9.84 Å². The van der Waals surface area contributed by atoms with Gasteiger partial charge in [-0.1, -0.05) is 29.8 Å². The van der Waals surface area contributed by atoms with Gasteiger partial charge >= 0.3 is 0 Å². The smallest absolute Gasteiger partial charge is 0.150 e. The highest BCUT2D eigenvalue weighted by Gasteiger charge is 2.33. The van der Waals surface area contributed by atoms with E-state index in [2.05, 4.69) is 12.1 Å². The molecule has 1 heterocycles. The molecule has 2 atom stereocenters. The Morgan fingerprint density at radius 2 is 2.24 bits per heavy atom. The molecule has 17 heavy (non-hydrogen) atoms. The summed E-state index contributed by atoms with van der Waals surface area (Å²) in [6, 6.07) is 8.22. The number of aryl methyl sites for hydroxylation is 1. The summed E-state index contributed by atoms with van der Waals surface area (Å²) >= 11 is 0. The van der Waals surface area contributed by atoms with Crippen LogP contribution in [0.3, 0.4) is 0 Å². The number of rotatable bonds is 3. The summed E-state index contributed by atoms with van der Waals surface area (Å²) in [6.07, 6.45) is 0.748. The van der Waals surface area contributed by atoms with Gasteiger partial charge in [0, 0.05) is 0 Å². The average molecular weight is 253 g/mol. The van der Waals surface area contributed by atoms with Crippen LogP contribution < -0.4 is 5.73 Å². The minimum Gasteiger partial charge on any atom is -0.330 e. The zero-order chi connectivity index (χ0) is 12.5. The zero-order valence-corrected chi connectivity index (χ0v) is 10.9. The van der Waals surface area contributed by atoms with Crippen LogP contribution in [0.4, 0.5) is 0 Å². The number of benzene rings is 1. The third-order valence-corrected chi connectivity index (χ3v) is 5.35. The lowest BCUT2D eigenvalue weighted by Crippen LogP contribution is -2.22. The van der Waals surface area contributed by atoms with Gasteiger partial charge in [-0.3, -0.25) is 0 Å². The van der Waals surface area contributed by atoms with Crippen molar-refractivity contribution in [1.29, 1.82) is 0 Å². The fourth-order valence-electron chi connectivity index (χ4n) is 2.64. The van der Waals surface area contributed by atoms with Crippen LogP contribution in [0.25, 0.3) is 0 Å². The molecular weight excluding hydrogens is 234 g/mol. The summed E-state index contributed by atoms with van der Waals surface area (Å²) in [5.41, 5.74) is 8.20. The summed E-state index contributed by atoms with van der Waals surface area (Å²) in [7, 11) is -2.82. The molecule has 0 aliphatic carbocycles. The molecule has 2 unspecified atom stereocenters. The van der Waals surface area contributed by atoms with Gasteiger partial charge < -0.3 is 5.73 Å². The van der Waals surface area contributed by atoms with Crippen molar-refractivity contribution in [2.45, 2.75) is 19.3 Å².